The fraction of sp³-hybridized carbons (Fsp3) is 0.429. The molecule has 0 N–H and O–H groups in total. The van der Waals surface area contributed by atoms with E-state index in [1.165, 1.54) is 18.4 Å². The van der Waals surface area contributed by atoms with Crippen molar-refractivity contribution in [2.75, 3.05) is 0 Å². The molecule has 0 bridgehead atoms. The Morgan fingerprint density at radius 1 is 1.38 bits per heavy atom. The van der Waals surface area contributed by atoms with Gasteiger partial charge in [0.25, 0.3) is 0 Å². The van der Waals surface area contributed by atoms with Crippen LogP contribution in [0.25, 0.3) is 0 Å². The van der Waals surface area contributed by atoms with Crippen LogP contribution in [0.5, 0.6) is 0 Å². The van der Waals surface area contributed by atoms with Gasteiger partial charge in [0, 0.05) is 0 Å². The fourth-order valence-corrected chi connectivity index (χ4v) is 0.744. The summed E-state index contributed by atoms with van der Waals surface area (Å²) in [6, 6.07) is 0. The maximum Gasteiger partial charge on any atom is -0.0310 e. The molecule has 0 unspecified atom stereocenters. The number of hydrogen-bond donors (Lipinski definition) is 0. The lowest BCUT2D eigenvalue weighted by molar-refractivity contribution is 1.02. The molecular weight excluding hydrogens is 120 g/mol. The first-order valence-electron chi connectivity index (χ1n) is 2.73. The lowest BCUT2D eigenvalue weighted by atomic mass is 10.1. The maximum absolute atomic E-state index is 2.26. The van der Waals surface area contributed by atoms with Crippen LogP contribution in [0.1, 0.15) is 19.8 Å². The molecule has 0 saturated heterocycles. The summed E-state index contributed by atoms with van der Waals surface area (Å²) >= 11 is 0. The van der Waals surface area contributed by atoms with E-state index in [9.17, 15) is 0 Å². The molecule has 0 radical (unpaired) electrons. The third kappa shape index (κ3) is 2.17. The molecule has 0 fully saturated rings. The highest BCUT2D eigenvalue weighted by atomic mass is 35.5. The van der Waals surface area contributed by atoms with Gasteiger partial charge in [-0.05, 0) is 19.8 Å². The molecule has 0 spiro atoms. The number of halogens is 1. The molecule has 1 aliphatic rings. The molecule has 1 heteroatoms. The van der Waals surface area contributed by atoms with E-state index in [1.54, 1.807) is 0 Å². The molecule has 8 heavy (non-hydrogen) atoms. The highest BCUT2D eigenvalue weighted by Crippen LogP contribution is 2.06. The van der Waals surface area contributed by atoms with Crippen molar-refractivity contribution in [1.82, 2.24) is 0 Å². The summed E-state index contributed by atoms with van der Waals surface area (Å²) in [7, 11) is 0. The average molecular weight is 131 g/mol. The Balaban J connectivity index is 0.000000490. The molecule has 0 saturated carbocycles. The lowest BCUT2D eigenvalue weighted by Gasteiger charge is -1.96. The predicted octanol–water partition coefficient (Wildman–Crippen LogP) is 2.70. The van der Waals surface area contributed by atoms with Gasteiger partial charge < -0.3 is 0 Å². The second kappa shape index (κ2) is 3.73. The van der Waals surface area contributed by atoms with E-state index in [-0.39, 0.29) is 12.4 Å². The summed E-state index contributed by atoms with van der Waals surface area (Å²) in [4.78, 5) is 0. The Labute approximate surface area is 56.7 Å². The molecule has 0 heterocycles. The second-order valence-corrected chi connectivity index (χ2v) is 1.93. The summed E-state index contributed by atoms with van der Waals surface area (Å²) in [5.41, 5.74) is 1.41. The van der Waals surface area contributed by atoms with Gasteiger partial charge in [-0.15, -0.1) is 12.4 Å². The first-order chi connectivity index (χ1) is 3.39. The molecule has 0 aromatic rings. The Kier molecular flexibility index (Phi) is 3.63. The minimum Gasteiger partial charge on any atom is -0.147 e. The standard InChI is InChI=1S/C7H10.ClH/c1-7-5-3-2-4-6-7;/h3,5-6H,2,4H2,1H3;1H. The number of allylic oxidation sites excluding steroid dienone is 4. The summed E-state index contributed by atoms with van der Waals surface area (Å²) in [6.45, 7) is 2.13. The predicted molar refractivity (Wildman–Crippen MR) is 39.4 cm³/mol. The second-order valence-electron chi connectivity index (χ2n) is 1.93. The normalized spacial score (nSPS) is 16.9. The van der Waals surface area contributed by atoms with Gasteiger partial charge in [-0.2, -0.15) is 0 Å². The van der Waals surface area contributed by atoms with E-state index >= 15 is 0 Å². The van der Waals surface area contributed by atoms with Crippen molar-refractivity contribution in [3.8, 4) is 0 Å². The van der Waals surface area contributed by atoms with Crippen LogP contribution in [0.4, 0.5) is 0 Å². The van der Waals surface area contributed by atoms with Gasteiger partial charge in [-0.3, -0.25) is 0 Å². The largest absolute Gasteiger partial charge is 0.147 e. The summed E-state index contributed by atoms with van der Waals surface area (Å²) in [6.07, 6.45) is 9.12. The van der Waals surface area contributed by atoms with Crippen molar-refractivity contribution < 1.29 is 0 Å². The van der Waals surface area contributed by atoms with Crippen LogP contribution in [-0.2, 0) is 0 Å². The van der Waals surface area contributed by atoms with Crippen molar-refractivity contribution in [3.63, 3.8) is 0 Å². The average Bonchev–Trinajstić information content (AvgIpc) is 1.69. The van der Waals surface area contributed by atoms with Crippen molar-refractivity contribution >= 4 is 12.4 Å². The molecule has 0 amide bonds. The Hall–Kier alpha value is -0.230. The van der Waals surface area contributed by atoms with Crippen molar-refractivity contribution in [2.24, 2.45) is 0 Å². The minimum atomic E-state index is 0. The monoisotopic (exact) mass is 130 g/mol. The van der Waals surface area contributed by atoms with Gasteiger partial charge in [0.15, 0.2) is 0 Å². The van der Waals surface area contributed by atoms with Crippen LogP contribution in [-0.4, -0.2) is 0 Å². The first kappa shape index (κ1) is 7.77. The molecule has 0 aliphatic heterocycles. The molecule has 0 aromatic carbocycles. The maximum atomic E-state index is 2.26. The molecular formula is C7H11Cl. The van der Waals surface area contributed by atoms with Gasteiger partial charge in [-0.25, -0.2) is 0 Å². The highest BCUT2D eigenvalue weighted by Gasteiger charge is 1.86. The van der Waals surface area contributed by atoms with E-state index in [4.69, 9.17) is 0 Å². The number of hydrogen-bond acceptors (Lipinski definition) is 0. The van der Waals surface area contributed by atoms with E-state index in [1.807, 2.05) is 0 Å². The van der Waals surface area contributed by atoms with E-state index < -0.39 is 0 Å². The quantitative estimate of drug-likeness (QED) is 0.473. The summed E-state index contributed by atoms with van der Waals surface area (Å²) in [5.74, 6) is 0. The van der Waals surface area contributed by atoms with Crippen molar-refractivity contribution in [3.05, 3.63) is 23.8 Å². The molecule has 46 valence electrons. The van der Waals surface area contributed by atoms with Gasteiger partial charge in [0.2, 0.25) is 0 Å². The van der Waals surface area contributed by atoms with Crippen molar-refractivity contribution in [1.29, 1.82) is 0 Å². The zero-order chi connectivity index (χ0) is 5.11. The van der Waals surface area contributed by atoms with Crippen LogP contribution in [0.3, 0.4) is 0 Å². The van der Waals surface area contributed by atoms with Gasteiger partial charge in [-0.1, -0.05) is 23.8 Å². The fourth-order valence-electron chi connectivity index (χ4n) is 0.744. The third-order valence-corrected chi connectivity index (χ3v) is 1.18. The van der Waals surface area contributed by atoms with Crippen LogP contribution in [0.15, 0.2) is 23.8 Å². The molecule has 1 aliphatic carbocycles. The van der Waals surface area contributed by atoms with Crippen molar-refractivity contribution in [2.45, 2.75) is 19.8 Å². The van der Waals surface area contributed by atoms with Gasteiger partial charge in [0.05, 0.1) is 0 Å². The van der Waals surface area contributed by atoms with E-state index in [0.29, 0.717) is 0 Å². The van der Waals surface area contributed by atoms with Gasteiger partial charge >= 0.3 is 0 Å². The first-order valence-corrected chi connectivity index (χ1v) is 2.73. The minimum absolute atomic E-state index is 0. The van der Waals surface area contributed by atoms with E-state index in [0.717, 1.165) is 0 Å². The molecule has 0 aromatic heterocycles. The Morgan fingerprint density at radius 2 is 2.12 bits per heavy atom. The SMILES string of the molecule is CC1=CCCC=C1.Cl. The Bertz CT molecular complexity index is 112. The van der Waals surface area contributed by atoms with Crippen LogP contribution in [0.2, 0.25) is 0 Å². The highest BCUT2D eigenvalue weighted by molar-refractivity contribution is 5.85. The zero-order valence-corrected chi connectivity index (χ0v) is 5.87. The molecule has 1 rings (SSSR count). The third-order valence-electron chi connectivity index (χ3n) is 1.18. The van der Waals surface area contributed by atoms with E-state index in [2.05, 4.69) is 25.2 Å². The Morgan fingerprint density at radius 3 is 2.38 bits per heavy atom. The number of rotatable bonds is 0. The smallest absolute Gasteiger partial charge is 0.0310 e. The van der Waals surface area contributed by atoms with Crippen LogP contribution >= 0.6 is 12.4 Å². The topological polar surface area (TPSA) is 0 Å². The lowest BCUT2D eigenvalue weighted by Crippen LogP contribution is -1.76. The molecule has 0 atom stereocenters. The summed E-state index contributed by atoms with van der Waals surface area (Å²) in [5, 5.41) is 0. The van der Waals surface area contributed by atoms with Crippen LogP contribution < -0.4 is 0 Å². The van der Waals surface area contributed by atoms with Gasteiger partial charge in [0.1, 0.15) is 0 Å². The zero-order valence-electron chi connectivity index (χ0n) is 5.05. The summed E-state index contributed by atoms with van der Waals surface area (Å²) < 4.78 is 0. The van der Waals surface area contributed by atoms with Crippen LogP contribution in [0, 0.1) is 0 Å². The molecule has 0 nitrogen and oxygen atoms in total.